The summed E-state index contributed by atoms with van der Waals surface area (Å²) in [6, 6.07) is 7.03. The zero-order valence-electron chi connectivity index (χ0n) is 14.0. The van der Waals surface area contributed by atoms with Crippen molar-refractivity contribution in [2.75, 3.05) is 13.1 Å². The maximum Gasteiger partial charge on any atom is 0.123 e. The number of hydrogen-bond donors (Lipinski definition) is 1. The normalized spacial score (nSPS) is 14.7. The first-order valence-corrected chi connectivity index (χ1v) is 8.32. The van der Waals surface area contributed by atoms with Crippen molar-refractivity contribution >= 4 is 0 Å². The number of nitrogens with two attached hydrogens (primary N) is 1. The summed E-state index contributed by atoms with van der Waals surface area (Å²) < 4.78 is 13.6. The van der Waals surface area contributed by atoms with Crippen molar-refractivity contribution in [1.29, 1.82) is 0 Å². The molecule has 0 saturated carbocycles. The summed E-state index contributed by atoms with van der Waals surface area (Å²) in [5.74, 6) is 0.490. The lowest BCUT2D eigenvalue weighted by atomic mass is 9.94. The Balaban J connectivity index is 3.04. The molecule has 0 heterocycles. The van der Waals surface area contributed by atoms with E-state index in [1.165, 1.54) is 18.9 Å². The predicted octanol–water partition coefficient (Wildman–Crippen LogP) is 4.36. The lowest BCUT2D eigenvalue weighted by Gasteiger charge is -2.37. The third-order valence-electron chi connectivity index (χ3n) is 4.51. The van der Waals surface area contributed by atoms with Gasteiger partial charge in [0.25, 0.3) is 0 Å². The van der Waals surface area contributed by atoms with E-state index in [0.717, 1.165) is 25.1 Å². The molecule has 0 spiro atoms. The standard InChI is InChI=1S/C18H31FN2/c1-5-14(6-2)13-21(8-4)18(17(20)7-3)15-10-9-11-16(19)12-15/h9-12,14,17-18H,5-8,13,20H2,1-4H3. The predicted molar refractivity (Wildman–Crippen MR) is 88.7 cm³/mol. The van der Waals surface area contributed by atoms with Crippen LogP contribution in [-0.4, -0.2) is 24.0 Å². The topological polar surface area (TPSA) is 29.3 Å². The molecule has 2 N–H and O–H groups in total. The molecular formula is C18H31FN2. The summed E-state index contributed by atoms with van der Waals surface area (Å²) in [4.78, 5) is 2.42. The van der Waals surface area contributed by atoms with Crippen LogP contribution >= 0.6 is 0 Å². The quantitative estimate of drug-likeness (QED) is 0.733. The lowest BCUT2D eigenvalue weighted by Crippen LogP contribution is -2.43. The Morgan fingerprint density at radius 3 is 2.24 bits per heavy atom. The molecule has 0 aromatic heterocycles. The Kier molecular flexibility index (Phi) is 7.91. The Morgan fingerprint density at radius 2 is 1.76 bits per heavy atom. The zero-order chi connectivity index (χ0) is 15.8. The molecule has 120 valence electrons. The Morgan fingerprint density at radius 1 is 1.10 bits per heavy atom. The minimum Gasteiger partial charge on any atom is -0.326 e. The van der Waals surface area contributed by atoms with Gasteiger partial charge >= 0.3 is 0 Å². The van der Waals surface area contributed by atoms with E-state index >= 15 is 0 Å². The summed E-state index contributed by atoms with van der Waals surface area (Å²) in [6.07, 6.45) is 3.23. The highest BCUT2D eigenvalue weighted by Crippen LogP contribution is 2.27. The van der Waals surface area contributed by atoms with Gasteiger partial charge in [-0.15, -0.1) is 0 Å². The number of nitrogens with zero attached hydrogens (tertiary/aromatic N) is 1. The number of hydrogen-bond acceptors (Lipinski definition) is 2. The first-order valence-electron chi connectivity index (χ1n) is 8.32. The van der Waals surface area contributed by atoms with Crippen LogP contribution in [0.3, 0.4) is 0 Å². The number of likely N-dealkylation sites (N-methyl/N-ethyl adjacent to an activating group) is 1. The summed E-state index contributed by atoms with van der Waals surface area (Å²) in [5.41, 5.74) is 7.37. The summed E-state index contributed by atoms with van der Waals surface area (Å²) in [7, 11) is 0. The van der Waals surface area contributed by atoms with Crippen LogP contribution < -0.4 is 5.73 Å². The SMILES string of the molecule is CCC(CC)CN(CC)C(c1cccc(F)c1)C(N)CC. The minimum atomic E-state index is -0.181. The van der Waals surface area contributed by atoms with Crippen LogP contribution in [0.2, 0.25) is 0 Å². The molecule has 1 rings (SSSR count). The molecule has 0 aliphatic heterocycles. The highest BCUT2D eigenvalue weighted by Gasteiger charge is 2.26. The molecule has 1 aromatic rings. The molecule has 0 aliphatic rings. The van der Waals surface area contributed by atoms with Crippen molar-refractivity contribution in [2.45, 2.75) is 59.0 Å². The van der Waals surface area contributed by atoms with Crippen molar-refractivity contribution in [2.24, 2.45) is 11.7 Å². The fourth-order valence-electron chi connectivity index (χ4n) is 2.96. The van der Waals surface area contributed by atoms with E-state index in [-0.39, 0.29) is 17.9 Å². The van der Waals surface area contributed by atoms with Crippen LogP contribution in [0.4, 0.5) is 4.39 Å². The average Bonchev–Trinajstić information content (AvgIpc) is 2.50. The second-order valence-corrected chi connectivity index (χ2v) is 5.84. The summed E-state index contributed by atoms with van der Waals surface area (Å²) >= 11 is 0. The molecule has 0 bridgehead atoms. The molecule has 0 radical (unpaired) electrons. The lowest BCUT2D eigenvalue weighted by molar-refractivity contribution is 0.147. The van der Waals surface area contributed by atoms with Gasteiger partial charge in [-0.1, -0.05) is 52.7 Å². The summed E-state index contributed by atoms with van der Waals surface area (Å²) in [6.45, 7) is 10.7. The molecule has 2 unspecified atom stereocenters. The molecule has 2 nitrogen and oxygen atoms in total. The fraction of sp³-hybridized carbons (Fsp3) is 0.667. The average molecular weight is 294 g/mol. The molecule has 21 heavy (non-hydrogen) atoms. The molecule has 1 aromatic carbocycles. The fourth-order valence-corrected chi connectivity index (χ4v) is 2.96. The van der Waals surface area contributed by atoms with Gasteiger partial charge in [0.05, 0.1) is 0 Å². The third kappa shape index (κ3) is 5.08. The first kappa shape index (κ1) is 18.1. The molecule has 0 fully saturated rings. The molecule has 0 amide bonds. The second-order valence-electron chi connectivity index (χ2n) is 5.84. The number of benzene rings is 1. The van der Waals surface area contributed by atoms with Gasteiger partial charge in [-0.25, -0.2) is 4.39 Å². The maximum atomic E-state index is 13.6. The van der Waals surface area contributed by atoms with E-state index in [1.807, 2.05) is 6.07 Å². The maximum absolute atomic E-state index is 13.6. The van der Waals surface area contributed by atoms with Gasteiger partial charge in [-0.05, 0) is 36.6 Å². The van der Waals surface area contributed by atoms with Crippen LogP contribution in [0.25, 0.3) is 0 Å². The van der Waals surface area contributed by atoms with Crippen molar-refractivity contribution in [3.8, 4) is 0 Å². The molecule has 2 atom stereocenters. The van der Waals surface area contributed by atoms with E-state index in [2.05, 4.69) is 32.6 Å². The Bertz CT molecular complexity index is 404. The van der Waals surface area contributed by atoms with Gasteiger partial charge in [0, 0.05) is 18.6 Å². The van der Waals surface area contributed by atoms with E-state index in [0.29, 0.717) is 5.92 Å². The smallest absolute Gasteiger partial charge is 0.123 e. The van der Waals surface area contributed by atoms with E-state index in [4.69, 9.17) is 5.73 Å². The number of halogens is 1. The van der Waals surface area contributed by atoms with Crippen molar-refractivity contribution in [3.05, 3.63) is 35.6 Å². The molecular weight excluding hydrogens is 263 g/mol. The zero-order valence-corrected chi connectivity index (χ0v) is 14.0. The van der Waals surface area contributed by atoms with Crippen LogP contribution in [-0.2, 0) is 0 Å². The van der Waals surface area contributed by atoms with Gasteiger partial charge in [0.1, 0.15) is 5.82 Å². The second kappa shape index (κ2) is 9.16. The Hall–Kier alpha value is -0.930. The first-order chi connectivity index (χ1) is 10.1. The highest BCUT2D eigenvalue weighted by atomic mass is 19.1. The van der Waals surface area contributed by atoms with Crippen LogP contribution in [0.1, 0.15) is 58.6 Å². The summed E-state index contributed by atoms with van der Waals surface area (Å²) in [5, 5.41) is 0. The number of rotatable bonds is 9. The molecule has 3 heteroatoms. The van der Waals surface area contributed by atoms with Crippen LogP contribution in [0.5, 0.6) is 0 Å². The van der Waals surface area contributed by atoms with Crippen molar-refractivity contribution in [3.63, 3.8) is 0 Å². The van der Waals surface area contributed by atoms with Crippen LogP contribution in [0, 0.1) is 11.7 Å². The Labute approximate surface area is 129 Å². The minimum absolute atomic E-state index is 0.0288. The van der Waals surface area contributed by atoms with E-state index in [1.54, 1.807) is 12.1 Å². The van der Waals surface area contributed by atoms with Gasteiger partial charge in [0.2, 0.25) is 0 Å². The van der Waals surface area contributed by atoms with Gasteiger partial charge in [0.15, 0.2) is 0 Å². The highest BCUT2D eigenvalue weighted by molar-refractivity contribution is 5.22. The van der Waals surface area contributed by atoms with Gasteiger partial charge in [-0.2, -0.15) is 0 Å². The van der Waals surface area contributed by atoms with Crippen molar-refractivity contribution in [1.82, 2.24) is 4.90 Å². The molecule has 0 saturated heterocycles. The van der Waals surface area contributed by atoms with Gasteiger partial charge in [-0.3, -0.25) is 4.90 Å². The van der Waals surface area contributed by atoms with Crippen LogP contribution in [0.15, 0.2) is 24.3 Å². The molecule has 0 aliphatic carbocycles. The van der Waals surface area contributed by atoms with E-state index in [9.17, 15) is 4.39 Å². The third-order valence-corrected chi connectivity index (χ3v) is 4.51. The van der Waals surface area contributed by atoms with E-state index < -0.39 is 0 Å². The monoisotopic (exact) mass is 294 g/mol. The largest absolute Gasteiger partial charge is 0.326 e. The van der Waals surface area contributed by atoms with Crippen molar-refractivity contribution < 1.29 is 4.39 Å². The van der Waals surface area contributed by atoms with Gasteiger partial charge < -0.3 is 5.73 Å².